The summed E-state index contributed by atoms with van der Waals surface area (Å²) in [4.78, 5) is 33.1. The predicted octanol–water partition coefficient (Wildman–Crippen LogP) is 4.06. The van der Waals surface area contributed by atoms with Crippen molar-refractivity contribution in [2.24, 2.45) is 4.99 Å². The van der Waals surface area contributed by atoms with Gasteiger partial charge in [0.2, 0.25) is 0 Å². The van der Waals surface area contributed by atoms with Gasteiger partial charge in [0.05, 0.1) is 30.0 Å². The van der Waals surface area contributed by atoms with Crippen LogP contribution in [0.25, 0.3) is 6.08 Å². The number of aromatic nitrogens is 1. The smallest absolute Gasteiger partial charge is 0.338 e. The maximum absolute atomic E-state index is 13.7. The van der Waals surface area contributed by atoms with E-state index in [1.54, 1.807) is 37.9 Å². The van der Waals surface area contributed by atoms with Gasteiger partial charge >= 0.3 is 5.97 Å². The number of ether oxygens (including phenoxy) is 3. The van der Waals surface area contributed by atoms with E-state index in [1.165, 1.54) is 22.7 Å². The molecule has 2 aromatic heterocycles. The molecule has 4 aromatic rings. The van der Waals surface area contributed by atoms with Gasteiger partial charge in [0.25, 0.3) is 5.56 Å². The molecule has 0 saturated carbocycles. The van der Waals surface area contributed by atoms with Gasteiger partial charge in [0.1, 0.15) is 24.1 Å². The van der Waals surface area contributed by atoms with Crippen LogP contribution in [0.4, 0.5) is 0 Å². The molecular weight excluding hydrogens is 508 g/mol. The zero-order valence-electron chi connectivity index (χ0n) is 20.5. The lowest BCUT2D eigenvalue weighted by atomic mass is 10.0. The zero-order chi connectivity index (χ0) is 25.9. The standard InChI is InChI=1S/C28H24N2O5S2/c1-17-24(27(32)35-16-18-8-5-4-6-9-18)25(22-10-7-13-36-22)30-26(31)23(37-28(30)29-17)14-19-11-12-20(33-2)15-21(19)34-3/h4-15,25H,16H2,1-3H3/b23-14+. The number of thiazole rings is 1. The van der Waals surface area contributed by atoms with E-state index >= 15 is 0 Å². The molecule has 0 amide bonds. The Balaban J connectivity index is 1.59. The molecule has 0 fully saturated rings. The quantitative estimate of drug-likeness (QED) is 0.336. The molecular formula is C28H24N2O5S2. The van der Waals surface area contributed by atoms with Crippen LogP contribution in [-0.4, -0.2) is 24.8 Å². The Hall–Kier alpha value is -3.95. The molecule has 0 aliphatic carbocycles. The molecule has 0 bridgehead atoms. The third-order valence-electron chi connectivity index (χ3n) is 5.99. The molecule has 1 aliphatic rings. The van der Waals surface area contributed by atoms with E-state index < -0.39 is 12.0 Å². The fourth-order valence-electron chi connectivity index (χ4n) is 4.18. The average Bonchev–Trinajstić information content (AvgIpc) is 3.56. The molecule has 5 rings (SSSR count). The summed E-state index contributed by atoms with van der Waals surface area (Å²) >= 11 is 2.75. The van der Waals surface area contributed by atoms with Gasteiger partial charge in [-0.1, -0.05) is 47.7 Å². The number of methoxy groups -OCH3 is 2. The Bertz CT molecular complexity index is 1650. The topological polar surface area (TPSA) is 79.1 Å². The maximum atomic E-state index is 13.7. The van der Waals surface area contributed by atoms with Crippen molar-refractivity contribution in [2.75, 3.05) is 14.2 Å². The molecule has 188 valence electrons. The highest BCUT2D eigenvalue weighted by molar-refractivity contribution is 7.10. The van der Waals surface area contributed by atoms with Crippen LogP contribution in [0.15, 0.2) is 87.1 Å². The molecule has 3 heterocycles. The Labute approximate surface area is 221 Å². The fraction of sp³-hybridized carbons (Fsp3) is 0.179. The van der Waals surface area contributed by atoms with Gasteiger partial charge in [0, 0.05) is 16.5 Å². The Morgan fingerprint density at radius 3 is 2.59 bits per heavy atom. The molecule has 1 atom stereocenters. The third-order valence-corrected chi connectivity index (χ3v) is 7.90. The first-order valence-electron chi connectivity index (χ1n) is 11.5. The van der Waals surface area contributed by atoms with Crippen LogP contribution < -0.4 is 24.4 Å². The van der Waals surface area contributed by atoms with E-state index in [-0.39, 0.29) is 12.2 Å². The largest absolute Gasteiger partial charge is 0.497 e. The summed E-state index contributed by atoms with van der Waals surface area (Å²) in [7, 11) is 3.16. The molecule has 2 aromatic carbocycles. The van der Waals surface area contributed by atoms with Crippen LogP contribution in [0.5, 0.6) is 11.5 Å². The summed E-state index contributed by atoms with van der Waals surface area (Å²) in [6, 6.07) is 18.1. The number of fused-ring (bicyclic) bond motifs is 1. The lowest BCUT2D eigenvalue weighted by Crippen LogP contribution is -2.39. The van der Waals surface area contributed by atoms with Gasteiger partial charge in [-0.05, 0) is 42.1 Å². The first-order valence-corrected chi connectivity index (χ1v) is 13.2. The molecule has 9 heteroatoms. The molecule has 1 aliphatic heterocycles. The average molecular weight is 533 g/mol. The maximum Gasteiger partial charge on any atom is 0.338 e. The first kappa shape index (κ1) is 24.7. The zero-order valence-corrected chi connectivity index (χ0v) is 22.1. The molecule has 7 nitrogen and oxygen atoms in total. The highest BCUT2D eigenvalue weighted by Gasteiger charge is 2.34. The number of benzene rings is 2. The number of carbonyl (C=O) groups excluding carboxylic acids is 1. The number of esters is 1. The molecule has 0 N–H and O–H groups in total. The number of hydrogen-bond acceptors (Lipinski definition) is 8. The van der Waals surface area contributed by atoms with Crippen molar-refractivity contribution in [3.63, 3.8) is 0 Å². The van der Waals surface area contributed by atoms with Crippen molar-refractivity contribution in [1.29, 1.82) is 0 Å². The fourth-order valence-corrected chi connectivity index (χ4v) is 6.04. The lowest BCUT2D eigenvalue weighted by molar-refractivity contribution is -0.140. The second-order valence-electron chi connectivity index (χ2n) is 8.27. The van der Waals surface area contributed by atoms with E-state index in [0.29, 0.717) is 32.1 Å². The first-order chi connectivity index (χ1) is 18.0. The van der Waals surface area contributed by atoms with Gasteiger partial charge in [0.15, 0.2) is 4.80 Å². The Morgan fingerprint density at radius 1 is 1.08 bits per heavy atom. The highest BCUT2D eigenvalue weighted by atomic mass is 32.1. The molecule has 0 saturated heterocycles. The van der Waals surface area contributed by atoms with Crippen molar-refractivity contribution in [2.45, 2.75) is 19.6 Å². The van der Waals surface area contributed by atoms with Crippen molar-refractivity contribution in [1.82, 2.24) is 4.57 Å². The summed E-state index contributed by atoms with van der Waals surface area (Å²) < 4.78 is 18.5. The second kappa shape index (κ2) is 10.6. The van der Waals surface area contributed by atoms with Gasteiger partial charge in [-0.2, -0.15) is 0 Å². The van der Waals surface area contributed by atoms with Crippen LogP contribution in [0.1, 0.15) is 29.0 Å². The predicted molar refractivity (Wildman–Crippen MR) is 144 cm³/mol. The molecule has 0 radical (unpaired) electrons. The van der Waals surface area contributed by atoms with Crippen LogP contribution in [0, 0.1) is 0 Å². The molecule has 1 unspecified atom stereocenters. The number of carbonyl (C=O) groups is 1. The van der Waals surface area contributed by atoms with Crippen molar-refractivity contribution < 1.29 is 19.0 Å². The number of nitrogens with zero attached hydrogens (tertiary/aromatic N) is 2. The lowest BCUT2D eigenvalue weighted by Gasteiger charge is -2.23. The van der Waals surface area contributed by atoms with Gasteiger partial charge in [-0.15, -0.1) is 11.3 Å². The van der Waals surface area contributed by atoms with Gasteiger partial charge in [-0.3, -0.25) is 9.36 Å². The summed E-state index contributed by atoms with van der Waals surface area (Å²) in [6.07, 6.45) is 1.78. The van der Waals surface area contributed by atoms with Crippen LogP contribution in [0.2, 0.25) is 0 Å². The van der Waals surface area contributed by atoms with E-state index in [2.05, 4.69) is 4.99 Å². The van der Waals surface area contributed by atoms with Crippen LogP contribution in [0.3, 0.4) is 0 Å². The summed E-state index contributed by atoms with van der Waals surface area (Å²) in [5.41, 5.74) is 2.28. The van der Waals surface area contributed by atoms with E-state index in [4.69, 9.17) is 14.2 Å². The highest BCUT2D eigenvalue weighted by Crippen LogP contribution is 2.33. The minimum absolute atomic E-state index is 0.134. The van der Waals surface area contributed by atoms with Gasteiger partial charge < -0.3 is 14.2 Å². The third kappa shape index (κ3) is 4.87. The SMILES string of the molecule is COc1ccc(/C=c2/sc3n(c2=O)C(c2cccs2)C(C(=O)OCc2ccccc2)=C(C)N=3)c(OC)c1. The number of hydrogen-bond donors (Lipinski definition) is 0. The summed E-state index contributed by atoms with van der Waals surface area (Å²) in [5.74, 6) is 0.749. The Morgan fingerprint density at radius 2 is 1.89 bits per heavy atom. The van der Waals surface area contributed by atoms with Crippen LogP contribution in [-0.2, 0) is 16.1 Å². The normalized spacial score (nSPS) is 15.2. The van der Waals surface area contributed by atoms with Crippen LogP contribution >= 0.6 is 22.7 Å². The minimum Gasteiger partial charge on any atom is -0.497 e. The number of rotatable bonds is 7. The van der Waals surface area contributed by atoms with E-state index in [9.17, 15) is 9.59 Å². The van der Waals surface area contributed by atoms with E-state index in [0.717, 1.165) is 16.0 Å². The van der Waals surface area contributed by atoms with Crippen molar-refractivity contribution in [3.05, 3.63) is 113 Å². The van der Waals surface area contributed by atoms with Crippen molar-refractivity contribution in [3.8, 4) is 11.5 Å². The van der Waals surface area contributed by atoms with Crippen molar-refractivity contribution >= 4 is 34.7 Å². The summed E-state index contributed by atoms with van der Waals surface area (Å²) in [6.45, 7) is 1.92. The Kier molecular flexibility index (Phi) is 7.07. The molecule has 0 spiro atoms. The number of allylic oxidation sites excluding steroid dienone is 1. The monoisotopic (exact) mass is 532 g/mol. The minimum atomic E-state index is -0.626. The second-order valence-corrected chi connectivity index (χ2v) is 10.3. The van der Waals surface area contributed by atoms with E-state index in [1.807, 2.05) is 60.0 Å². The number of thiophene rings is 1. The van der Waals surface area contributed by atoms with Gasteiger partial charge in [-0.25, -0.2) is 9.79 Å². The summed E-state index contributed by atoms with van der Waals surface area (Å²) in [5, 5.41) is 1.93. The molecule has 37 heavy (non-hydrogen) atoms.